The molecule has 0 heterocycles. The highest BCUT2D eigenvalue weighted by Gasteiger charge is 2.07. The summed E-state index contributed by atoms with van der Waals surface area (Å²) in [5.74, 6) is 0.678. The van der Waals surface area contributed by atoms with Crippen LogP contribution in [0.2, 0.25) is 10.0 Å². The molecule has 2 aromatic rings. The van der Waals surface area contributed by atoms with E-state index in [9.17, 15) is 5.11 Å². The van der Waals surface area contributed by atoms with Crippen molar-refractivity contribution >= 4 is 28.9 Å². The number of aliphatic hydroxyl groups is 1. The zero-order chi connectivity index (χ0) is 15.2. The number of aliphatic hydroxyl groups excluding tert-OH is 1. The monoisotopic (exact) mass is 325 g/mol. The van der Waals surface area contributed by atoms with Crippen molar-refractivity contribution in [3.63, 3.8) is 0 Å². The average molecular weight is 326 g/mol. The first kappa shape index (κ1) is 16.0. The van der Waals surface area contributed by atoms with Crippen LogP contribution in [0.15, 0.2) is 42.5 Å². The smallest absolute Gasteiger partial charge is 0.119 e. The fourth-order valence-electron chi connectivity index (χ4n) is 1.79. The molecule has 0 bridgehead atoms. The normalized spacial score (nSPS) is 12.0. The van der Waals surface area contributed by atoms with Gasteiger partial charge in [0.2, 0.25) is 0 Å². The number of anilines is 1. The molecule has 0 saturated carbocycles. The van der Waals surface area contributed by atoms with Crippen LogP contribution in [0.3, 0.4) is 0 Å². The molecule has 0 saturated heterocycles. The van der Waals surface area contributed by atoms with E-state index in [2.05, 4.69) is 5.32 Å². The summed E-state index contributed by atoms with van der Waals surface area (Å²) in [4.78, 5) is 0. The van der Waals surface area contributed by atoms with Crippen molar-refractivity contribution in [2.24, 2.45) is 0 Å². The highest BCUT2D eigenvalue weighted by molar-refractivity contribution is 6.31. The van der Waals surface area contributed by atoms with E-state index in [1.165, 1.54) is 0 Å². The van der Waals surface area contributed by atoms with Gasteiger partial charge in [-0.05, 0) is 48.9 Å². The molecule has 2 aromatic carbocycles. The molecule has 0 spiro atoms. The molecule has 2 N–H and O–H groups in total. The number of nitrogens with one attached hydrogen (secondary N) is 1. The third-order valence-corrected chi connectivity index (χ3v) is 3.47. The Labute approximate surface area is 134 Å². The summed E-state index contributed by atoms with van der Waals surface area (Å²) in [5, 5.41) is 14.4. The third kappa shape index (κ3) is 5.12. The summed E-state index contributed by atoms with van der Waals surface area (Å²) in [5.41, 5.74) is 1.98. The lowest BCUT2D eigenvalue weighted by Crippen LogP contribution is -2.26. The van der Waals surface area contributed by atoms with E-state index >= 15 is 0 Å². The number of hydrogen-bond donors (Lipinski definition) is 2. The molecule has 1 unspecified atom stereocenters. The zero-order valence-electron chi connectivity index (χ0n) is 11.6. The Kier molecular flexibility index (Phi) is 5.74. The predicted molar refractivity (Wildman–Crippen MR) is 87.6 cm³/mol. The fraction of sp³-hybridized carbons (Fsp3) is 0.250. The van der Waals surface area contributed by atoms with E-state index in [4.69, 9.17) is 27.9 Å². The minimum atomic E-state index is -0.626. The molecule has 0 amide bonds. The van der Waals surface area contributed by atoms with Gasteiger partial charge in [0.1, 0.15) is 18.5 Å². The molecule has 112 valence electrons. The lowest BCUT2D eigenvalue weighted by molar-refractivity contribution is 0.117. The minimum Gasteiger partial charge on any atom is -0.491 e. The molecule has 1 atom stereocenters. The van der Waals surface area contributed by atoms with Crippen molar-refractivity contribution in [1.29, 1.82) is 0 Å². The van der Waals surface area contributed by atoms with Crippen LogP contribution in [0.25, 0.3) is 0 Å². The molecule has 0 aliphatic rings. The summed E-state index contributed by atoms with van der Waals surface area (Å²) in [6, 6.07) is 12.6. The summed E-state index contributed by atoms with van der Waals surface area (Å²) in [6.07, 6.45) is -0.626. The largest absolute Gasteiger partial charge is 0.491 e. The second-order valence-corrected chi connectivity index (χ2v) is 5.63. The maximum absolute atomic E-state index is 9.94. The standard InChI is InChI=1S/C16H17Cl2NO2/c1-11-2-3-13(18)8-16(11)19-9-14(20)10-21-15-6-4-12(17)5-7-15/h2-8,14,19-20H,9-10H2,1H3. The molecule has 0 aliphatic carbocycles. The zero-order valence-corrected chi connectivity index (χ0v) is 13.2. The third-order valence-electron chi connectivity index (χ3n) is 2.98. The molecule has 0 radical (unpaired) electrons. The molecule has 5 heteroatoms. The van der Waals surface area contributed by atoms with Gasteiger partial charge in [-0.3, -0.25) is 0 Å². The Bertz CT molecular complexity index is 587. The van der Waals surface area contributed by atoms with Crippen LogP contribution in [0.5, 0.6) is 5.75 Å². The summed E-state index contributed by atoms with van der Waals surface area (Å²) in [6.45, 7) is 2.57. The number of benzene rings is 2. The van der Waals surface area contributed by atoms with E-state index in [-0.39, 0.29) is 6.61 Å². The second kappa shape index (κ2) is 7.55. The molecule has 3 nitrogen and oxygen atoms in total. The molecule has 21 heavy (non-hydrogen) atoms. The van der Waals surface area contributed by atoms with E-state index < -0.39 is 6.10 Å². The predicted octanol–water partition coefficient (Wildman–Crippen LogP) is 4.15. The molecular weight excluding hydrogens is 309 g/mol. The topological polar surface area (TPSA) is 41.5 Å². The highest BCUT2D eigenvalue weighted by Crippen LogP contribution is 2.20. The van der Waals surface area contributed by atoms with E-state index in [1.807, 2.05) is 25.1 Å². The van der Waals surface area contributed by atoms with Gasteiger partial charge in [0, 0.05) is 22.3 Å². The highest BCUT2D eigenvalue weighted by atomic mass is 35.5. The van der Waals surface area contributed by atoms with Gasteiger partial charge in [0.05, 0.1) is 0 Å². The average Bonchev–Trinajstić information content (AvgIpc) is 2.47. The molecule has 2 rings (SSSR count). The van der Waals surface area contributed by atoms with Gasteiger partial charge in [-0.2, -0.15) is 0 Å². The van der Waals surface area contributed by atoms with Crippen molar-refractivity contribution in [3.05, 3.63) is 58.1 Å². The first-order valence-corrected chi connectivity index (χ1v) is 7.36. The maximum Gasteiger partial charge on any atom is 0.119 e. The van der Waals surface area contributed by atoms with Crippen LogP contribution < -0.4 is 10.1 Å². The maximum atomic E-state index is 9.94. The molecule has 0 aromatic heterocycles. The summed E-state index contributed by atoms with van der Waals surface area (Å²) in [7, 11) is 0. The second-order valence-electron chi connectivity index (χ2n) is 4.76. The Balaban J connectivity index is 1.80. The number of hydrogen-bond acceptors (Lipinski definition) is 3. The van der Waals surface area contributed by atoms with Gasteiger partial charge in [0.15, 0.2) is 0 Å². The quantitative estimate of drug-likeness (QED) is 0.838. The molecule has 0 aliphatic heterocycles. The van der Waals surface area contributed by atoms with Gasteiger partial charge >= 0.3 is 0 Å². The number of halogens is 2. The lowest BCUT2D eigenvalue weighted by atomic mass is 10.2. The van der Waals surface area contributed by atoms with Gasteiger partial charge < -0.3 is 15.2 Å². The SMILES string of the molecule is Cc1ccc(Cl)cc1NCC(O)COc1ccc(Cl)cc1. The number of aryl methyl sites for hydroxylation is 1. The first-order valence-electron chi connectivity index (χ1n) is 6.61. The van der Waals surface area contributed by atoms with E-state index in [0.717, 1.165) is 11.3 Å². The van der Waals surface area contributed by atoms with Crippen molar-refractivity contribution in [2.75, 3.05) is 18.5 Å². The lowest BCUT2D eigenvalue weighted by Gasteiger charge is -2.15. The van der Waals surface area contributed by atoms with Crippen molar-refractivity contribution in [1.82, 2.24) is 0 Å². The molecular formula is C16H17Cl2NO2. The van der Waals surface area contributed by atoms with Crippen LogP contribution in [-0.4, -0.2) is 24.4 Å². The van der Waals surface area contributed by atoms with Gasteiger partial charge in [0.25, 0.3) is 0 Å². The Hall–Kier alpha value is -1.42. The Morgan fingerprint density at radius 3 is 2.48 bits per heavy atom. The van der Waals surface area contributed by atoms with Gasteiger partial charge in [-0.25, -0.2) is 0 Å². The fourth-order valence-corrected chi connectivity index (χ4v) is 2.09. The number of ether oxygens (including phenoxy) is 1. The Morgan fingerprint density at radius 2 is 1.76 bits per heavy atom. The molecule has 0 fully saturated rings. The number of rotatable bonds is 6. The van der Waals surface area contributed by atoms with E-state index in [0.29, 0.717) is 22.3 Å². The van der Waals surface area contributed by atoms with Crippen LogP contribution in [-0.2, 0) is 0 Å². The Morgan fingerprint density at radius 1 is 1.10 bits per heavy atom. The van der Waals surface area contributed by atoms with Crippen molar-refractivity contribution < 1.29 is 9.84 Å². The van der Waals surface area contributed by atoms with Crippen molar-refractivity contribution in [2.45, 2.75) is 13.0 Å². The van der Waals surface area contributed by atoms with Crippen molar-refractivity contribution in [3.8, 4) is 5.75 Å². The first-order chi connectivity index (χ1) is 10.0. The summed E-state index contributed by atoms with van der Waals surface area (Å²) < 4.78 is 5.49. The van der Waals surface area contributed by atoms with E-state index in [1.54, 1.807) is 24.3 Å². The van der Waals surface area contributed by atoms with Gasteiger partial charge in [-0.1, -0.05) is 29.3 Å². The van der Waals surface area contributed by atoms with Gasteiger partial charge in [-0.15, -0.1) is 0 Å². The van der Waals surface area contributed by atoms with Crippen LogP contribution >= 0.6 is 23.2 Å². The van der Waals surface area contributed by atoms with Crippen LogP contribution in [0.4, 0.5) is 5.69 Å². The summed E-state index contributed by atoms with van der Waals surface area (Å²) >= 11 is 11.7. The van der Waals surface area contributed by atoms with Crippen LogP contribution in [0.1, 0.15) is 5.56 Å². The van der Waals surface area contributed by atoms with Crippen LogP contribution in [0, 0.1) is 6.92 Å². The minimum absolute atomic E-state index is 0.203.